The summed E-state index contributed by atoms with van der Waals surface area (Å²) in [5.74, 6) is -0.344. The Labute approximate surface area is 181 Å². The van der Waals surface area contributed by atoms with Crippen LogP contribution in [0.25, 0.3) is 0 Å². The van der Waals surface area contributed by atoms with Crippen LogP contribution in [0.3, 0.4) is 0 Å². The average molecular weight is 434 g/mol. The predicted octanol–water partition coefficient (Wildman–Crippen LogP) is 0.570. The van der Waals surface area contributed by atoms with Gasteiger partial charge in [-0.2, -0.15) is 0 Å². The molecule has 0 aromatic carbocycles. The maximum Gasteiger partial charge on any atom is 0.325 e. The highest BCUT2D eigenvalue weighted by Gasteiger charge is 2.54. The van der Waals surface area contributed by atoms with Gasteiger partial charge in [-0.25, -0.2) is 9.59 Å². The van der Waals surface area contributed by atoms with Crippen molar-refractivity contribution in [2.75, 3.05) is 19.6 Å². The lowest BCUT2D eigenvalue weighted by Gasteiger charge is -2.39. The SMILES string of the molecule is CC1CC(C)CC2(C1)NC(=O)N(CC(=O)N1CCC(C3(C)NC(=O)NC3=O)CC1)C2=O. The maximum atomic E-state index is 13.1. The summed E-state index contributed by atoms with van der Waals surface area (Å²) in [5, 5.41) is 7.85. The second kappa shape index (κ2) is 7.49. The molecule has 3 heterocycles. The first-order chi connectivity index (χ1) is 14.5. The number of carbonyl (C=O) groups excluding carboxylic acids is 5. The molecule has 4 rings (SSSR count). The normalized spacial score (nSPS) is 36.6. The second-order valence-corrected chi connectivity index (χ2v) is 10.0. The molecular weight excluding hydrogens is 402 g/mol. The highest BCUT2D eigenvalue weighted by molar-refractivity contribution is 6.09. The highest BCUT2D eigenvalue weighted by atomic mass is 16.2. The molecule has 3 atom stereocenters. The van der Waals surface area contributed by atoms with E-state index in [-0.39, 0.29) is 30.2 Å². The van der Waals surface area contributed by atoms with Gasteiger partial charge in [0.15, 0.2) is 0 Å². The average Bonchev–Trinajstić information content (AvgIpc) is 3.07. The van der Waals surface area contributed by atoms with Crippen molar-refractivity contribution >= 4 is 29.8 Å². The van der Waals surface area contributed by atoms with Crippen molar-refractivity contribution in [3.63, 3.8) is 0 Å². The number of hydrogen-bond donors (Lipinski definition) is 3. The van der Waals surface area contributed by atoms with Crippen molar-refractivity contribution in [3.05, 3.63) is 0 Å². The summed E-state index contributed by atoms with van der Waals surface area (Å²) in [4.78, 5) is 64.9. The molecule has 3 aliphatic heterocycles. The van der Waals surface area contributed by atoms with E-state index in [0.29, 0.717) is 50.6 Å². The summed E-state index contributed by atoms with van der Waals surface area (Å²) in [6.45, 7) is 6.42. The van der Waals surface area contributed by atoms with Gasteiger partial charge in [0, 0.05) is 13.1 Å². The zero-order chi connectivity index (χ0) is 22.6. The molecule has 0 radical (unpaired) electrons. The standard InChI is InChI=1S/C21H31N5O5/c1-12-8-13(2)10-21(9-12)17(29)26(19(31)24-21)11-15(27)25-6-4-14(5-7-25)20(3)16(28)22-18(30)23-20/h12-14H,4-11H2,1-3H3,(H,24,31)(H2,22,23,28,30). The van der Waals surface area contributed by atoms with Crippen molar-refractivity contribution in [3.8, 4) is 0 Å². The number of rotatable bonds is 3. The minimum atomic E-state index is -0.974. The van der Waals surface area contributed by atoms with Crippen LogP contribution in [0.5, 0.6) is 0 Å². The molecule has 10 nitrogen and oxygen atoms in total. The van der Waals surface area contributed by atoms with Crippen molar-refractivity contribution in [1.29, 1.82) is 0 Å². The van der Waals surface area contributed by atoms with Gasteiger partial charge in [-0.3, -0.25) is 24.6 Å². The van der Waals surface area contributed by atoms with Gasteiger partial charge >= 0.3 is 12.1 Å². The molecule has 4 aliphatic rings. The molecule has 1 saturated carbocycles. The van der Waals surface area contributed by atoms with E-state index < -0.39 is 23.1 Å². The van der Waals surface area contributed by atoms with Gasteiger partial charge in [-0.15, -0.1) is 0 Å². The molecule has 0 aromatic rings. The zero-order valence-corrected chi connectivity index (χ0v) is 18.3. The van der Waals surface area contributed by atoms with E-state index in [2.05, 4.69) is 29.8 Å². The van der Waals surface area contributed by atoms with Crippen LogP contribution in [0.4, 0.5) is 9.59 Å². The first-order valence-electron chi connectivity index (χ1n) is 11.1. The molecule has 0 aromatic heterocycles. The first kappa shape index (κ1) is 21.6. The van der Waals surface area contributed by atoms with Gasteiger partial charge in [-0.1, -0.05) is 13.8 Å². The molecular formula is C21H31N5O5. The lowest BCUT2D eigenvalue weighted by molar-refractivity contribution is -0.141. The molecule has 170 valence electrons. The van der Waals surface area contributed by atoms with Crippen molar-refractivity contribution in [1.82, 2.24) is 25.8 Å². The third kappa shape index (κ3) is 3.65. The van der Waals surface area contributed by atoms with E-state index in [0.717, 1.165) is 11.3 Å². The monoisotopic (exact) mass is 433 g/mol. The third-order valence-electron chi connectivity index (χ3n) is 7.47. The summed E-state index contributed by atoms with van der Waals surface area (Å²) >= 11 is 0. The fourth-order valence-corrected chi connectivity index (χ4v) is 6.01. The Balaban J connectivity index is 1.36. The minimum Gasteiger partial charge on any atom is -0.341 e. The van der Waals surface area contributed by atoms with Gasteiger partial charge < -0.3 is 15.5 Å². The minimum absolute atomic E-state index is 0.0896. The van der Waals surface area contributed by atoms with E-state index in [9.17, 15) is 24.0 Å². The molecule has 3 unspecified atom stereocenters. The Morgan fingerprint density at radius 1 is 1.03 bits per heavy atom. The predicted molar refractivity (Wildman–Crippen MR) is 110 cm³/mol. The van der Waals surface area contributed by atoms with Crippen molar-refractivity contribution in [2.45, 2.75) is 64.0 Å². The molecule has 7 amide bonds. The molecule has 1 aliphatic carbocycles. The van der Waals surface area contributed by atoms with Crippen LogP contribution >= 0.6 is 0 Å². The molecule has 10 heteroatoms. The highest BCUT2D eigenvalue weighted by Crippen LogP contribution is 2.39. The molecule has 4 fully saturated rings. The largest absolute Gasteiger partial charge is 0.341 e. The lowest BCUT2D eigenvalue weighted by Crippen LogP contribution is -2.55. The van der Waals surface area contributed by atoms with E-state index in [4.69, 9.17) is 0 Å². The van der Waals surface area contributed by atoms with Crippen LogP contribution in [-0.2, 0) is 14.4 Å². The molecule has 0 bridgehead atoms. The lowest BCUT2D eigenvalue weighted by atomic mass is 9.71. The molecule has 31 heavy (non-hydrogen) atoms. The summed E-state index contributed by atoms with van der Waals surface area (Å²) in [7, 11) is 0. The Bertz CT molecular complexity index is 826. The van der Waals surface area contributed by atoms with Crippen LogP contribution in [0, 0.1) is 17.8 Å². The summed E-state index contributed by atoms with van der Waals surface area (Å²) < 4.78 is 0. The number of nitrogens with zero attached hydrogens (tertiary/aromatic N) is 2. The number of carbonyl (C=O) groups is 5. The number of hydrogen-bond acceptors (Lipinski definition) is 5. The maximum absolute atomic E-state index is 13.1. The van der Waals surface area contributed by atoms with Crippen molar-refractivity contribution in [2.24, 2.45) is 17.8 Å². The van der Waals surface area contributed by atoms with Gasteiger partial charge in [0.05, 0.1) is 0 Å². The van der Waals surface area contributed by atoms with Crippen molar-refractivity contribution < 1.29 is 24.0 Å². The van der Waals surface area contributed by atoms with E-state index in [1.807, 2.05) is 0 Å². The topological polar surface area (TPSA) is 128 Å². The smallest absolute Gasteiger partial charge is 0.325 e. The quantitative estimate of drug-likeness (QED) is 0.561. The van der Waals surface area contributed by atoms with Crippen LogP contribution < -0.4 is 16.0 Å². The number of likely N-dealkylation sites (tertiary alicyclic amines) is 1. The molecule has 1 spiro atoms. The summed E-state index contributed by atoms with van der Waals surface area (Å²) in [6.07, 6.45) is 3.33. The van der Waals surface area contributed by atoms with Gasteiger partial charge in [0.2, 0.25) is 5.91 Å². The Morgan fingerprint density at radius 3 is 2.19 bits per heavy atom. The number of nitrogens with one attached hydrogen (secondary N) is 3. The van der Waals surface area contributed by atoms with E-state index in [1.165, 1.54) is 0 Å². The molecule has 3 N–H and O–H groups in total. The zero-order valence-electron chi connectivity index (χ0n) is 18.3. The number of amides is 7. The third-order valence-corrected chi connectivity index (χ3v) is 7.47. The number of urea groups is 2. The van der Waals surface area contributed by atoms with E-state index >= 15 is 0 Å². The Hall–Kier alpha value is -2.65. The Kier molecular flexibility index (Phi) is 5.21. The first-order valence-corrected chi connectivity index (χ1v) is 11.1. The fraction of sp³-hybridized carbons (Fsp3) is 0.762. The second-order valence-electron chi connectivity index (χ2n) is 10.0. The number of imide groups is 2. The Morgan fingerprint density at radius 2 is 1.65 bits per heavy atom. The summed E-state index contributed by atoms with van der Waals surface area (Å²) in [5.41, 5.74) is -1.86. The molecule has 3 saturated heterocycles. The van der Waals surface area contributed by atoms with E-state index in [1.54, 1.807) is 11.8 Å². The number of piperidine rings is 1. The van der Waals surface area contributed by atoms with Crippen LogP contribution in [0.2, 0.25) is 0 Å². The van der Waals surface area contributed by atoms with Gasteiger partial charge in [0.25, 0.3) is 11.8 Å². The summed E-state index contributed by atoms with van der Waals surface area (Å²) in [6, 6.07) is -0.989. The fourth-order valence-electron chi connectivity index (χ4n) is 6.01. The van der Waals surface area contributed by atoms with Gasteiger partial charge in [0.1, 0.15) is 17.6 Å². The van der Waals surface area contributed by atoms with Crippen LogP contribution in [0.15, 0.2) is 0 Å². The van der Waals surface area contributed by atoms with Crippen LogP contribution in [0.1, 0.15) is 52.9 Å². The van der Waals surface area contributed by atoms with Crippen LogP contribution in [-0.4, -0.2) is 70.3 Å². The van der Waals surface area contributed by atoms with Gasteiger partial charge in [-0.05, 0) is 56.8 Å².